The lowest BCUT2D eigenvalue weighted by molar-refractivity contribution is 0.406. The van der Waals surface area contributed by atoms with Crippen molar-refractivity contribution in [1.82, 2.24) is 19.7 Å². The normalized spacial score (nSPS) is 11.1. The van der Waals surface area contributed by atoms with E-state index in [0.29, 0.717) is 16.9 Å². The molecule has 8 heteroatoms. The van der Waals surface area contributed by atoms with Crippen LogP contribution >= 0.6 is 0 Å². The van der Waals surface area contributed by atoms with Crippen molar-refractivity contribution in [2.45, 2.75) is 0 Å². The van der Waals surface area contributed by atoms with E-state index >= 15 is 0 Å². The second-order valence-electron chi connectivity index (χ2n) is 5.36. The molecular weight excluding hydrogens is 330 g/mol. The van der Waals surface area contributed by atoms with Crippen LogP contribution in [0.15, 0.2) is 48.9 Å². The number of phenolic OH excluding ortho intramolecular Hbond substituents is 1. The van der Waals surface area contributed by atoms with Crippen molar-refractivity contribution in [1.29, 1.82) is 0 Å². The Morgan fingerprint density at radius 2 is 1.68 bits per heavy atom. The summed E-state index contributed by atoms with van der Waals surface area (Å²) in [6.07, 6.45) is 4.14. The highest BCUT2D eigenvalue weighted by molar-refractivity contribution is 5.84. The first-order chi connectivity index (χ1) is 12.0. The molecule has 2 heterocycles. The molecule has 0 saturated carbocycles. The molecule has 0 saturated heterocycles. The fourth-order valence-electron chi connectivity index (χ4n) is 2.53. The van der Waals surface area contributed by atoms with Crippen molar-refractivity contribution in [3.63, 3.8) is 0 Å². The van der Waals surface area contributed by atoms with Crippen LogP contribution in [0.4, 0.5) is 8.78 Å². The standard InChI is InChI=1S/C17H10F2N4O2/c18-13-4-11(5-15(25)16(13)19)23-14-2-1-9(3-10(14)6-22-23)17-20-7-12(24)8-21-17/h1-8,24-25H. The van der Waals surface area contributed by atoms with E-state index in [1.165, 1.54) is 17.1 Å². The van der Waals surface area contributed by atoms with Gasteiger partial charge in [-0.2, -0.15) is 9.49 Å². The minimum absolute atomic E-state index is 0.0317. The third-order valence-electron chi connectivity index (χ3n) is 3.70. The maximum atomic E-state index is 13.5. The first-order valence-electron chi connectivity index (χ1n) is 7.20. The lowest BCUT2D eigenvalue weighted by Gasteiger charge is -2.06. The molecule has 0 aliphatic rings. The first-order valence-corrected chi connectivity index (χ1v) is 7.20. The van der Waals surface area contributed by atoms with Crippen LogP contribution in [0.3, 0.4) is 0 Å². The van der Waals surface area contributed by atoms with Crippen molar-refractivity contribution in [3.8, 4) is 28.6 Å². The largest absolute Gasteiger partial charge is 0.505 e. The number of hydrogen-bond acceptors (Lipinski definition) is 5. The summed E-state index contributed by atoms with van der Waals surface area (Å²) in [5.74, 6) is -2.85. The van der Waals surface area contributed by atoms with E-state index < -0.39 is 17.4 Å². The average Bonchev–Trinajstić information content (AvgIpc) is 3.03. The summed E-state index contributed by atoms with van der Waals surface area (Å²) in [6, 6.07) is 7.31. The summed E-state index contributed by atoms with van der Waals surface area (Å²) in [5.41, 5.74) is 1.54. The molecule has 0 atom stereocenters. The summed E-state index contributed by atoms with van der Waals surface area (Å²) in [7, 11) is 0. The number of benzene rings is 2. The molecule has 0 radical (unpaired) electrons. The van der Waals surface area contributed by atoms with E-state index in [-0.39, 0.29) is 11.4 Å². The van der Waals surface area contributed by atoms with Gasteiger partial charge in [-0.25, -0.2) is 19.0 Å². The Labute approximate surface area is 139 Å². The summed E-state index contributed by atoms with van der Waals surface area (Å²) in [6.45, 7) is 0. The zero-order valence-electron chi connectivity index (χ0n) is 12.6. The average molecular weight is 340 g/mol. The SMILES string of the molecule is Oc1cnc(-c2ccc3c(cnn3-c3cc(O)c(F)c(F)c3)c2)nc1. The summed E-state index contributed by atoms with van der Waals surface area (Å²) < 4.78 is 28.2. The first kappa shape index (κ1) is 15.0. The Morgan fingerprint density at radius 3 is 2.40 bits per heavy atom. The van der Waals surface area contributed by atoms with E-state index in [0.717, 1.165) is 17.5 Å². The molecule has 124 valence electrons. The maximum absolute atomic E-state index is 13.5. The van der Waals surface area contributed by atoms with E-state index in [1.807, 2.05) is 0 Å². The van der Waals surface area contributed by atoms with Gasteiger partial charge in [0.1, 0.15) is 0 Å². The lowest BCUT2D eigenvalue weighted by atomic mass is 10.1. The monoisotopic (exact) mass is 340 g/mol. The Bertz CT molecular complexity index is 1070. The number of fused-ring (bicyclic) bond motifs is 1. The van der Waals surface area contributed by atoms with Gasteiger partial charge in [0.25, 0.3) is 0 Å². The molecular formula is C17H10F2N4O2. The number of halogens is 2. The highest BCUT2D eigenvalue weighted by Gasteiger charge is 2.14. The van der Waals surface area contributed by atoms with Crippen molar-refractivity contribution in [3.05, 3.63) is 60.6 Å². The van der Waals surface area contributed by atoms with Gasteiger partial charge in [-0.1, -0.05) is 0 Å². The smallest absolute Gasteiger partial charge is 0.200 e. The number of hydrogen-bond donors (Lipinski definition) is 2. The van der Waals surface area contributed by atoms with Gasteiger partial charge < -0.3 is 10.2 Å². The fraction of sp³-hybridized carbons (Fsp3) is 0. The Kier molecular flexibility index (Phi) is 3.31. The summed E-state index contributed by atoms with van der Waals surface area (Å²) >= 11 is 0. The van der Waals surface area contributed by atoms with Crippen molar-refractivity contribution in [2.75, 3.05) is 0 Å². The van der Waals surface area contributed by atoms with Crippen molar-refractivity contribution >= 4 is 10.9 Å². The Morgan fingerprint density at radius 1 is 0.920 bits per heavy atom. The zero-order valence-corrected chi connectivity index (χ0v) is 12.6. The third kappa shape index (κ3) is 2.53. The van der Waals surface area contributed by atoms with Crippen LogP contribution in [0.1, 0.15) is 0 Å². The van der Waals surface area contributed by atoms with Crippen LogP contribution in [0.5, 0.6) is 11.5 Å². The van der Waals surface area contributed by atoms with Gasteiger partial charge in [0.15, 0.2) is 29.0 Å². The molecule has 0 unspecified atom stereocenters. The lowest BCUT2D eigenvalue weighted by Crippen LogP contribution is -1.98. The van der Waals surface area contributed by atoms with Gasteiger partial charge in [0.05, 0.1) is 29.8 Å². The van der Waals surface area contributed by atoms with E-state index in [1.54, 1.807) is 24.4 Å². The van der Waals surface area contributed by atoms with Crippen molar-refractivity contribution in [2.24, 2.45) is 0 Å². The van der Waals surface area contributed by atoms with Crippen LogP contribution < -0.4 is 0 Å². The van der Waals surface area contributed by atoms with Crippen molar-refractivity contribution < 1.29 is 19.0 Å². The number of nitrogens with zero attached hydrogens (tertiary/aromatic N) is 4. The predicted octanol–water partition coefficient (Wildman–Crippen LogP) is 3.17. The Balaban J connectivity index is 1.82. The molecule has 6 nitrogen and oxygen atoms in total. The number of aromatic hydroxyl groups is 2. The fourth-order valence-corrected chi connectivity index (χ4v) is 2.53. The molecule has 0 bridgehead atoms. The maximum Gasteiger partial charge on any atom is 0.200 e. The second kappa shape index (κ2) is 5.52. The minimum Gasteiger partial charge on any atom is -0.505 e. The minimum atomic E-state index is -1.30. The van der Waals surface area contributed by atoms with E-state index in [2.05, 4.69) is 15.1 Å². The van der Waals surface area contributed by atoms with Crippen LogP contribution in [0.25, 0.3) is 28.0 Å². The highest BCUT2D eigenvalue weighted by Crippen LogP contribution is 2.27. The molecule has 4 aromatic rings. The zero-order chi connectivity index (χ0) is 17.6. The predicted molar refractivity (Wildman–Crippen MR) is 85.3 cm³/mol. The third-order valence-corrected chi connectivity index (χ3v) is 3.70. The molecule has 25 heavy (non-hydrogen) atoms. The van der Waals surface area contributed by atoms with Gasteiger partial charge >= 0.3 is 0 Å². The van der Waals surface area contributed by atoms with Crippen LogP contribution in [0.2, 0.25) is 0 Å². The van der Waals surface area contributed by atoms with Crippen LogP contribution in [-0.4, -0.2) is 30.0 Å². The molecule has 0 spiro atoms. The molecule has 0 amide bonds. The summed E-state index contributed by atoms with van der Waals surface area (Å²) in [5, 5.41) is 23.6. The van der Waals surface area contributed by atoms with E-state index in [9.17, 15) is 19.0 Å². The number of rotatable bonds is 2. The topological polar surface area (TPSA) is 84.1 Å². The van der Waals surface area contributed by atoms with Crippen LogP contribution in [0, 0.1) is 11.6 Å². The van der Waals surface area contributed by atoms with Gasteiger partial charge in [0.2, 0.25) is 0 Å². The Hall–Kier alpha value is -3.55. The molecule has 0 aliphatic heterocycles. The molecule has 0 fully saturated rings. The molecule has 2 aromatic heterocycles. The van der Waals surface area contributed by atoms with Gasteiger partial charge in [0, 0.05) is 23.1 Å². The van der Waals surface area contributed by atoms with E-state index in [4.69, 9.17) is 0 Å². The van der Waals surface area contributed by atoms with Gasteiger partial charge in [-0.3, -0.25) is 0 Å². The second-order valence-corrected chi connectivity index (χ2v) is 5.36. The summed E-state index contributed by atoms with van der Waals surface area (Å²) in [4.78, 5) is 8.08. The number of aromatic nitrogens is 4. The van der Waals surface area contributed by atoms with Gasteiger partial charge in [-0.15, -0.1) is 0 Å². The molecule has 2 N–H and O–H groups in total. The number of phenols is 1. The molecule has 4 rings (SSSR count). The molecule has 0 aliphatic carbocycles. The van der Waals surface area contributed by atoms with Crippen LogP contribution in [-0.2, 0) is 0 Å². The highest BCUT2D eigenvalue weighted by atomic mass is 19.2. The quantitative estimate of drug-likeness (QED) is 0.585. The molecule has 2 aromatic carbocycles. The van der Waals surface area contributed by atoms with Gasteiger partial charge in [-0.05, 0) is 18.2 Å².